The number of hydrogen-bond donors (Lipinski definition) is 1. The van der Waals surface area contributed by atoms with Crippen LogP contribution in [0, 0.1) is 12.3 Å². The molecule has 0 fully saturated rings. The van der Waals surface area contributed by atoms with Crippen LogP contribution in [0.2, 0.25) is 0 Å². The summed E-state index contributed by atoms with van der Waals surface area (Å²) in [5.74, 6) is 0.709. The van der Waals surface area contributed by atoms with Crippen LogP contribution in [-0.4, -0.2) is 41.9 Å². The number of rotatable bonds is 7. The van der Waals surface area contributed by atoms with Crippen molar-refractivity contribution in [2.45, 2.75) is 46.2 Å². The molecule has 0 bridgehead atoms. The van der Waals surface area contributed by atoms with Gasteiger partial charge in [-0.2, -0.15) is 4.31 Å². The van der Waals surface area contributed by atoms with E-state index in [0.29, 0.717) is 32.0 Å². The number of aryl methyl sites for hydroxylation is 2. The monoisotopic (exact) mass is 302 g/mol. The topological polar surface area (TPSA) is 81.2 Å². The molecule has 1 heterocycles. The summed E-state index contributed by atoms with van der Waals surface area (Å²) in [5.41, 5.74) is 5.44. The third-order valence-electron chi connectivity index (χ3n) is 3.41. The predicted octanol–water partition coefficient (Wildman–Crippen LogP) is 1.21. The van der Waals surface area contributed by atoms with Crippen molar-refractivity contribution >= 4 is 10.0 Å². The van der Waals surface area contributed by atoms with Crippen molar-refractivity contribution in [3.8, 4) is 0 Å². The predicted molar refractivity (Wildman–Crippen MR) is 79.9 cm³/mol. The summed E-state index contributed by atoms with van der Waals surface area (Å²) in [5, 5.41) is 0.117. The Hall–Kier alpha value is -0.920. The lowest BCUT2D eigenvalue weighted by Gasteiger charge is -2.29. The molecule has 0 spiro atoms. The average Bonchev–Trinajstić information content (AvgIpc) is 2.77. The van der Waals surface area contributed by atoms with Crippen LogP contribution in [0.25, 0.3) is 0 Å². The van der Waals surface area contributed by atoms with Gasteiger partial charge in [-0.25, -0.2) is 13.4 Å². The summed E-state index contributed by atoms with van der Waals surface area (Å²) < 4.78 is 28.6. The van der Waals surface area contributed by atoms with Crippen LogP contribution < -0.4 is 5.73 Å². The van der Waals surface area contributed by atoms with E-state index in [-0.39, 0.29) is 10.4 Å². The summed E-state index contributed by atoms with van der Waals surface area (Å²) in [7, 11) is -3.56. The maximum atomic E-state index is 12.6. The molecule has 6 nitrogen and oxygen atoms in total. The van der Waals surface area contributed by atoms with Crippen molar-refractivity contribution in [2.75, 3.05) is 19.6 Å². The molecule has 0 atom stereocenters. The number of sulfonamides is 1. The van der Waals surface area contributed by atoms with Crippen molar-refractivity contribution in [2.24, 2.45) is 11.1 Å². The second kappa shape index (κ2) is 6.24. The Balaban J connectivity index is 3.11. The Kier molecular flexibility index (Phi) is 5.34. The summed E-state index contributed by atoms with van der Waals surface area (Å²) in [6.45, 7) is 11.4. The van der Waals surface area contributed by atoms with Crippen molar-refractivity contribution < 1.29 is 8.42 Å². The Morgan fingerprint density at radius 1 is 1.40 bits per heavy atom. The van der Waals surface area contributed by atoms with E-state index in [1.54, 1.807) is 6.20 Å². The molecule has 1 rings (SSSR count). The van der Waals surface area contributed by atoms with E-state index in [9.17, 15) is 8.42 Å². The van der Waals surface area contributed by atoms with E-state index in [2.05, 4.69) is 4.98 Å². The van der Waals surface area contributed by atoms with E-state index in [1.165, 1.54) is 4.31 Å². The highest BCUT2D eigenvalue weighted by atomic mass is 32.2. The fourth-order valence-corrected chi connectivity index (χ4v) is 3.60. The first kappa shape index (κ1) is 17.1. The average molecular weight is 302 g/mol. The molecule has 0 aliphatic carbocycles. The molecule has 1 aromatic rings. The molecule has 2 N–H and O–H groups in total. The van der Waals surface area contributed by atoms with Gasteiger partial charge in [0.1, 0.15) is 5.82 Å². The summed E-state index contributed by atoms with van der Waals surface area (Å²) >= 11 is 0. The van der Waals surface area contributed by atoms with Gasteiger partial charge in [0, 0.05) is 25.8 Å². The van der Waals surface area contributed by atoms with Gasteiger partial charge in [0.2, 0.25) is 0 Å². The first-order valence-electron chi connectivity index (χ1n) is 6.92. The lowest BCUT2D eigenvalue weighted by molar-refractivity contribution is 0.272. The van der Waals surface area contributed by atoms with E-state index in [1.807, 2.05) is 39.2 Å². The van der Waals surface area contributed by atoms with E-state index >= 15 is 0 Å². The van der Waals surface area contributed by atoms with Crippen LogP contribution in [-0.2, 0) is 16.6 Å². The highest BCUT2D eigenvalue weighted by molar-refractivity contribution is 7.89. The SMILES string of the molecule is CCN(CC(C)(C)CN)S(=O)(=O)c1cn(CC)c(C)n1. The van der Waals surface area contributed by atoms with Gasteiger partial charge < -0.3 is 10.3 Å². The molecular formula is C13H26N4O2S. The smallest absolute Gasteiger partial charge is 0.262 e. The minimum Gasteiger partial charge on any atom is -0.334 e. The Bertz CT molecular complexity index is 549. The normalized spacial score (nSPS) is 13.2. The third-order valence-corrected chi connectivity index (χ3v) is 5.20. The number of nitrogens with two attached hydrogens (primary N) is 1. The minimum absolute atomic E-state index is 0.117. The fraction of sp³-hybridized carbons (Fsp3) is 0.769. The molecule has 116 valence electrons. The maximum absolute atomic E-state index is 12.6. The maximum Gasteiger partial charge on any atom is 0.262 e. The van der Waals surface area contributed by atoms with Crippen molar-refractivity contribution in [1.82, 2.24) is 13.9 Å². The first-order valence-corrected chi connectivity index (χ1v) is 8.36. The van der Waals surface area contributed by atoms with Crippen molar-refractivity contribution in [1.29, 1.82) is 0 Å². The summed E-state index contributed by atoms with van der Waals surface area (Å²) in [6.07, 6.45) is 1.60. The van der Waals surface area contributed by atoms with Gasteiger partial charge in [-0.3, -0.25) is 0 Å². The van der Waals surface area contributed by atoms with Crippen LogP contribution in [0.5, 0.6) is 0 Å². The van der Waals surface area contributed by atoms with Crippen LogP contribution in [0.15, 0.2) is 11.2 Å². The molecule has 0 radical (unpaired) electrons. The molecule has 20 heavy (non-hydrogen) atoms. The first-order chi connectivity index (χ1) is 9.17. The molecule has 0 saturated heterocycles. The number of nitrogens with zero attached hydrogens (tertiary/aromatic N) is 3. The summed E-state index contributed by atoms with van der Waals surface area (Å²) in [6, 6.07) is 0. The molecule has 7 heteroatoms. The Morgan fingerprint density at radius 3 is 2.40 bits per heavy atom. The van der Waals surface area contributed by atoms with E-state index in [0.717, 1.165) is 0 Å². The second-order valence-corrected chi connectivity index (χ2v) is 7.60. The Labute approximate surface area is 122 Å². The number of imidazole rings is 1. The molecule has 1 aromatic heterocycles. The van der Waals surface area contributed by atoms with E-state index < -0.39 is 10.0 Å². The van der Waals surface area contributed by atoms with Gasteiger partial charge in [0.15, 0.2) is 5.03 Å². The lowest BCUT2D eigenvalue weighted by Crippen LogP contribution is -2.42. The molecule has 0 aliphatic heterocycles. The van der Waals surface area contributed by atoms with Gasteiger partial charge in [-0.05, 0) is 25.8 Å². The van der Waals surface area contributed by atoms with Gasteiger partial charge in [0.25, 0.3) is 10.0 Å². The van der Waals surface area contributed by atoms with Gasteiger partial charge >= 0.3 is 0 Å². The Morgan fingerprint density at radius 2 is 2.00 bits per heavy atom. The molecule has 0 aromatic carbocycles. The zero-order valence-corrected chi connectivity index (χ0v) is 13.9. The van der Waals surface area contributed by atoms with Crippen LogP contribution in [0.1, 0.15) is 33.5 Å². The lowest BCUT2D eigenvalue weighted by atomic mass is 9.94. The highest BCUT2D eigenvalue weighted by Crippen LogP contribution is 2.21. The van der Waals surface area contributed by atoms with E-state index in [4.69, 9.17) is 5.73 Å². The van der Waals surface area contributed by atoms with Gasteiger partial charge in [-0.15, -0.1) is 0 Å². The molecule has 0 unspecified atom stereocenters. The number of aromatic nitrogens is 2. The third kappa shape index (κ3) is 3.59. The highest BCUT2D eigenvalue weighted by Gasteiger charge is 2.31. The molecule has 0 saturated carbocycles. The fourth-order valence-electron chi connectivity index (χ4n) is 1.96. The minimum atomic E-state index is -3.56. The van der Waals surface area contributed by atoms with Crippen LogP contribution in [0.4, 0.5) is 0 Å². The number of hydrogen-bond acceptors (Lipinski definition) is 4. The quantitative estimate of drug-likeness (QED) is 0.821. The zero-order valence-electron chi connectivity index (χ0n) is 13.0. The van der Waals surface area contributed by atoms with Gasteiger partial charge in [-0.1, -0.05) is 20.8 Å². The van der Waals surface area contributed by atoms with Crippen LogP contribution >= 0.6 is 0 Å². The second-order valence-electron chi connectivity index (χ2n) is 5.71. The largest absolute Gasteiger partial charge is 0.334 e. The molecule has 0 aliphatic rings. The standard InChI is InChI=1S/C13H26N4O2S/c1-6-16-8-12(15-11(16)3)20(18,19)17(7-2)10-13(4,5)9-14/h8H,6-7,9-10,14H2,1-5H3. The summed E-state index contributed by atoms with van der Waals surface area (Å²) in [4.78, 5) is 4.18. The van der Waals surface area contributed by atoms with Gasteiger partial charge in [0.05, 0.1) is 0 Å². The van der Waals surface area contributed by atoms with Crippen molar-refractivity contribution in [3.05, 3.63) is 12.0 Å². The molecule has 0 amide bonds. The van der Waals surface area contributed by atoms with Crippen molar-refractivity contribution in [3.63, 3.8) is 0 Å². The van der Waals surface area contributed by atoms with Crippen LogP contribution in [0.3, 0.4) is 0 Å². The zero-order chi connectivity index (χ0) is 15.6. The molecular weight excluding hydrogens is 276 g/mol.